The fourth-order valence-electron chi connectivity index (χ4n) is 1.67. The van der Waals surface area contributed by atoms with E-state index in [-0.39, 0.29) is 0 Å². The lowest BCUT2D eigenvalue weighted by molar-refractivity contribution is 0.0918. The van der Waals surface area contributed by atoms with Crippen molar-refractivity contribution in [1.29, 1.82) is 0 Å². The Hall–Kier alpha value is -1.68. The second-order valence-corrected chi connectivity index (χ2v) is 3.99. The quantitative estimate of drug-likeness (QED) is 0.640. The van der Waals surface area contributed by atoms with Crippen LogP contribution in [-0.2, 0) is 4.74 Å². The average Bonchev–Trinajstić information content (AvgIpc) is 2.38. The van der Waals surface area contributed by atoms with Gasteiger partial charge in [-0.3, -0.25) is 4.90 Å². The Morgan fingerprint density at radius 3 is 2.88 bits per heavy atom. The molecule has 1 aromatic carbocycles. The number of hydrogen-bond acceptors (Lipinski definition) is 4. The number of nitrogen functional groups attached to an aromatic ring is 1. The topological polar surface area (TPSA) is 47.7 Å². The van der Waals surface area contributed by atoms with Crippen LogP contribution in [0.4, 0.5) is 5.69 Å². The van der Waals surface area contributed by atoms with E-state index in [0.717, 1.165) is 43.4 Å². The molecule has 0 saturated carbocycles. The van der Waals surface area contributed by atoms with Crippen LogP contribution < -0.4 is 10.5 Å². The highest BCUT2D eigenvalue weighted by Gasteiger charge is 2.13. The molecule has 92 valence electrons. The molecule has 0 amide bonds. The minimum Gasteiger partial charge on any atom is -0.492 e. The van der Waals surface area contributed by atoms with E-state index in [4.69, 9.17) is 15.2 Å². The molecule has 2 N–H and O–H groups in total. The Morgan fingerprint density at radius 2 is 2.18 bits per heavy atom. The van der Waals surface area contributed by atoms with Crippen molar-refractivity contribution in [1.82, 2.24) is 4.90 Å². The standard InChI is InChI=1S/C13H18N2O2/c1-2-15-7-8-16-13(9-15)10-17-12-5-3-11(14)4-6-12/h3-6,10H,2,7-9,14H2,1H3. The number of nitrogens with zero attached hydrogens (tertiary/aromatic N) is 1. The molecular weight excluding hydrogens is 216 g/mol. The number of morpholine rings is 1. The van der Waals surface area contributed by atoms with Gasteiger partial charge in [0.1, 0.15) is 24.4 Å². The molecule has 4 nitrogen and oxygen atoms in total. The molecule has 0 bridgehead atoms. The summed E-state index contributed by atoms with van der Waals surface area (Å²) in [7, 11) is 0. The molecule has 1 aliphatic rings. The zero-order chi connectivity index (χ0) is 12.1. The van der Waals surface area contributed by atoms with Gasteiger partial charge in [0.05, 0.1) is 6.54 Å². The lowest BCUT2D eigenvalue weighted by Crippen LogP contribution is -2.34. The zero-order valence-electron chi connectivity index (χ0n) is 10.1. The van der Waals surface area contributed by atoms with Crippen LogP contribution in [0.3, 0.4) is 0 Å². The summed E-state index contributed by atoms with van der Waals surface area (Å²) in [5.74, 6) is 1.64. The first-order valence-corrected chi connectivity index (χ1v) is 5.84. The van der Waals surface area contributed by atoms with E-state index in [2.05, 4.69) is 11.8 Å². The smallest absolute Gasteiger partial charge is 0.145 e. The summed E-state index contributed by atoms with van der Waals surface area (Å²) in [5, 5.41) is 0. The van der Waals surface area contributed by atoms with Crippen molar-refractivity contribution in [3.8, 4) is 5.75 Å². The Labute approximate surface area is 102 Å². The van der Waals surface area contributed by atoms with Gasteiger partial charge in [-0.05, 0) is 30.8 Å². The van der Waals surface area contributed by atoms with Crippen molar-refractivity contribution in [3.63, 3.8) is 0 Å². The maximum Gasteiger partial charge on any atom is 0.145 e. The molecule has 17 heavy (non-hydrogen) atoms. The largest absolute Gasteiger partial charge is 0.492 e. The molecule has 1 aliphatic heterocycles. The van der Waals surface area contributed by atoms with Gasteiger partial charge in [-0.1, -0.05) is 6.92 Å². The van der Waals surface area contributed by atoms with Crippen LogP contribution in [0.15, 0.2) is 36.3 Å². The SMILES string of the molecule is CCN1CCOC(=COc2ccc(N)cc2)C1. The van der Waals surface area contributed by atoms with Crippen LogP contribution in [0.5, 0.6) is 5.75 Å². The van der Waals surface area contributed by atoms with E-state index >= 15 is 0 Å². The Morgan fingerprint density at radius 1 is 1.41 bits per heavy atom. The molecule has 0 spiro atoms. The number of rotatable bonds is 3. The van der Waals surface area contributed by atoms with Crippen LogP contribution in [0.2, 0.25) is 0 Å². The summed E-state index contributed by atoms with van der Waals surface area (Å²) in [6.07, 6.45) is 1.67. The monoisotopic (exact) mass is 234 g/mol. The molecule has 0 atom stereocenters. The first-order chi connectivity index (χ1) is 8.28. The molecular formula is C13H18N2O2. The fraction of sp³-hybridized carbons (Fsp3) is 0.385. The van der Waals surface area contributed by atoms with Gasteiger partial charge in [0.25, 0.3) is 0 Å². The van der Waals surface area contributed by atoms with Crippen molar-refractivity contribution in [3.05, 3.63) is 36.3 Å². The summed E-state index contributed by atoms with van der Waals surface area (Å²) in [5.41, 5.74) is 6.33. The van der Waals surface area contributed by atoms with Gasteiger partial charge in [-0.2, -0.15) is 0 Å². The lowest BCUT2D eigenvalue weighted by atomic mass is 10.3. The van der Waals surface area contributed by atoms with Crippen molar-refractivity contribution >= 4 is 5.69 Å². The van der Waals surface area contributed by atoms with E-state index in [0.29, 0.717) is 0 Å². The van der Waals surface area contributed by atoms with Crippen molar-refractivity contribution in [2.24, 2.45) is 0 Å². The van der Waals surface area contributed by atoms with Gasteiger partial charge < -0.3 is 15.2 Å². The van der Waals surface area contributed by atoms with Crippen molar-refractivity contribution < 1.29 is 9.47 Å². The number of likely N-dealkylation sites (N-methyl/N-ethyl adjacent to an activating group) is 1. The molecule has 4 heteroatoms. The summed E-state index contributed by atoms with van der Waals surface area (Å²) >= 11 is 0. The van der Waals surface area contributed by atoms with E-state index in [9.17, 15) is 0 Å². The first kappa shape index (κ1) is 11.8. The Kier molecular flexibility index (Phi) is 3.88. The van der Waals surface area contributed by atoms with Crippen molar-refractivity contribution in [2.75, 3.05) is 32.0 Å². The van der Waals surface area contributed by atoms with Gasteiger partial charge in [0.2, 0.25) is 0 Å². The zero-order valence-corrected chi connectivity index (χ0v) is 10.1. The highest BCUT2D eigenvalue weighted by Crippen LogP contribution is 2.15. The molecule has 1 heterocycles. The predicted octanol–water partition coefficient (Wildman–Crippen LogP) is 1.84. The Bertz CT molecular complexity index is 387. The third-order valence-corrected chi connectivity index (χ3v) is 2.73. The molecule has 0 aliphatic carbocycles. The highest BCUT2D eigenvalue weighted by atomic mass is 16.5. The second-order valence-electron chi connectivity index (χ2n) is 3.99. The minimum absolute atomic E-state index is 0.727. The Balaban J connectivity index is 1.93. The highest BCUT2D eigenvalue weighted by molar-refractivity contribution is 5.41. The maximum absolute atomic E-state index is 5.60. The minimum atomic E-state index is 0.727. The summed E-state index contributed by atoms with van der Waals surface area (Å²) < 4.78 is 11.0. The first-order valence-electron chi connectivity index (χ1n) is 5.84. The van der Waals surface area contributed by atoms with Crippen LogP contribution in [0, 0.1) is 0 Å². The van der Waals surface area contributed by atoms with Gasteiger partial charge in [0, 0.05) is 12.2 Å². The van der Waals surface area contributed by atoms with Crippen molar-refractivity contribution in [2.45, 2.75) is 6.92 Å². The van der Waals surface area contributed by atoms with E-state index < -0.39 is 0 Å². The van der Waals surface area contributed by atoms with Crippen LogP contribution >= 0.6 is 0 Å². The van der Waals surface area contributed by atoms with Crippen LogP contribution in [-0.4, -0.2) is 31.1 Å². The third kappa shape index (κ3) is 3.39. The van der Waals surface area contributed by atoms with Gasteiger partial charge in [-0.15, -0.1) is 0 Å². The van der Waals surface area contributed by atoms with Gasteiger partial charge >= 0.3 is 0 Å². The molecule has 1 aromatic rings. The lowest BCUT2D eigenvalue weighted by Gasteiger charge is -2.27. The predicted molar refractivity (Wildman–Crippen MR) is 67.6 cm³/mol. The molecule has 2 rings (SSSR count). The van der Waals surface area contributed by atoms with E-state index in [1.54, 1.807) is 6.26 Å². The van der Waals surface area contributed by atoms with Crippen LogP contribution in [0.25, 0.3) is 0 Å². The molecule has 1 saturated heterocycles. The summed E-state index contributed by atoms with van der Waals surface area (Å²) in [4.78, 5) is 2.31. The third-order valence-electron chi connectivity index (χ3n) is 2.73. The molecule has 0 unspecified atom stereocenters. The average molecular weight is 234 g/mol. The van der Waals surface area contributed by atoms with E-state index in [1.807, 2.05) is 24.3 Å². The van der Waals surface area contributed by atoms with Gasteiger partial charge in [-0.25, -0.2) is 0 Å². The van der Waals surface area contributed by atoms with Gasteiger partial charge in [0.15, 0.2) is 0 Å². The van der Waals surface area contributed by atoms with E-state index in [1.165, 1.54) is 0 Å². The second kappa shape index (κ2) is 5.59. The van der Waals surface area contributed by atoms with Crippen LogP contribution in [0.1, 0.15) is 6.92 Å². The number of ether oxygens (including phenoxy) is 2. The number of benzene rings is 1. The number of hydrogen-bond donors (Lipinski definition) is 1. The maximum atomic E-state index is 5.60. The molecule has 1 fully saturated rings. The summed E-state index contributed by atoms with van der Waals surface area (Å²) in [6, 6.07) is 7.31. The molecule has 0 aromatic heterocycles. The number of anilines is 1. The summed E-state index contributed by atoms with van der Waals surface area (Å²) in [6.45, 7) is 5.69. The fourth-order valence-corrected chi connectivity index (χ4v) is 1.67. The molecule has 0 radical (unpaired) electrons. The number of nitrogens with two attached hydrogens (primary N) is 1. The normalized spacial score (nSPS) is 19.0.